The molecule has 0 unspecified atom stereocenters. The highest BCUT2D eigenvalue weighted by atomic mass is 79.9. The van der Waals surface area contributed by atoms with E-state index < -0.39 is 15.9 Å². The highest BCUT2D eigenvalue weighted by Gasteiger charge is 2.19. The van der Waals surface area contributed by atoms with Gasteiger partial charge in [-0.25, -0.2) is 13.8 Å². The topological polar surface area (TPSA) is 101 Å². The molecule has 0 atom stereocenters. The highest BCUT2D eigenvalue weighted by Crippen LogP contribution is 2.29. The van der Waals surface area contributed by atoms with Gasteiger partial charge in [0.05, 0.1) is 17.5 Å². The van der Waals surface area contributed by atoms with Crippen molar-refractivity contribution in [1.82, 2.24) is 5.43 Å². The molecule has 0 radical (unpaired) electrons. The Bertz CT molecular complexity index is 1380. The number of thiophene rings is 1. The van der Waals surface area contributed by atoms with E-state index in [4.69, 9.17) is 4.42 Å². The van der Waals surface area contributed by atoms with Gasteiger partial charge < -0.3 is 4.42 Å². The first kappa shape index (κ1) is 22.0. The van der Waals surface area contributed by atoms with E-state index in [1.54, 1.807) is 35.7 Å². The minimum Gasteiger partial charge on any atom is -0.455 e. The number of para-hydroxylation sites is 1. The number of carbonyl (C=O) groups is 1. The van der Waals surface area contributed by atoms with Gasteiger partial charge >= 0.3 is 0 Å². The molecule has 162 valence electrons. The van der Waals surface area contributed by atoms with Crippen LogP contribution >= 0.6 is 27.3 Å². The summed E-state index contributed by atoms with van der Waals surface area (Å²) in [7, 11) is -3.79. The van der Waals surface area contributed by atoms with Crippen LogP contribution in [-0.4, -0.2) is 20.5 Å². The van der Waals surface area contributed by atoms with Crippen LogP contribution in [0.4, 0.5) is 5.69 Å². The zero-order valence-corrected chi connectivity index (χ0v) is 19.6. The molecule has 0 aliphatic heterocycles. The molecular formula is C22H16BrN3O4S2. The summed E-state index contributed by atoms with van der Waals surface area (Å²) >= 11 is 4.57. The van der Waals surface area contributed by atoms with E-state index >= 15 is 0 Å². The smallest absolute Gasteiger partial charge is 0.273 e. The van der Waals surface area contributed by atoms with Crippen molar-refractivity contribution in [2.45, 2.75) is 4.21 Å². The van der Waals surface area contributed by atoms with Crippen molar-refractivity contribution >= 4 is 55.1 Å². The average Bonchev–Trinajstić information content (AvgIpc) is 3.47. The first-order chi connectivity index (χ1) is 15.4. The molecule has 0 saturated heterocycles. The Morgan fingerprint density at radius 1 is 1.00 bits per heavy atom. The zero-order chi connectivity index (χ0) is 22.6. The number of amides is 1. The predicted octanol–water partition coefficient (Wildman–Crippen LogP) is 5.34. The number of hydrogen-bond acceptors (Lipinski definition) is 6. The van der Waals surface area contributed by atoms with Crippen LogP contribution in [0, 0.1) is 0 Å². The number of sulfonamides is 1. The summed E-state index contributed by atoms with van der Waals surface area (Å²) in [6.07, 6.45) is 1.37. The number of benzene rings is 2. The van der Waals surface area contributed by atoms with Crippen LogP contribution in [0.2, 0.25) is 0 Å². The van der Waals surface area contributed by atoms with Crippen LogP contribution < -0.4 is 10.1 Å². The number of nitrogens with one attached hydrogen (secondary N) is 2. The molecule has 7 nitrogen and oxygen atoms in total. The van der Waals surface area contributed by atoms with Gasteiger partial charge in [-0.2, -0.15) is 5.10 Å². The lowest BCUT2D eigenvalue weighted by molar-refractivity contribution is 0.0956. The number of hydrogen-bond donors (Lipinski definition) is 2. The maximum Gasteiger partial charge on any atom is 0.273 e. The van der Waals surface area contributed by atoms with Crippen molar-refractivity contribution < 1.29 is 17.6 Å². The van der Waals surface area contributed by atoms with Crippen LogP contribution in [0.1, 0.15) is 16.1 Å². The van der Waals surface area contributed by atoms with Gasteiger partial charge in [-0.15, -0.1) is 11.3 Å². The molecule has 0 saturated carbocycles. The van der Waals surface area contributed by atoms with Crippen molar-refractivity contribution in [2.75, 3.05) is 4.72 Å². The van der Waals surface area contributed by atoms with Gasteiger partial charge in [0.25, 0.3) is 15.9 Å². The van der Waals surface area contributed by atoms with Gasteiger partial charge in [0, 0.05) is 10.0 Å². The number of furan rings is 1. The van der Waals surface area contributed by atoms with E-state index in [-0.39, 0.29) is 15.5 Å². The molecule has 0 fully saturated rings. The van der Waals surface area contributed by atoms with Crippen molar-refractivity contribution in [3.63, 3.8) is 0 Å². The van der Waals surface area contributed by atoms with Crippen molar-refractivity contribution in [3.05, 3.63) is 94.0 Å². The molecule has 0 bridgehead atoms. The van der Waals surface area contributed by atoms with Crippen molar-refractivity contribution in [2.24, 2.45) is 5.10 Å². The number of rotatable bonds is 7. The maximum atomic E-state index is 12.6. The van der Waals surface area contributed by atoms with Crippen molar-refractivity contribution in [1.29, 1.82) is 0 Å². The zero-order valence-electron chi connectivity index (χ0n) is 16.4. The Hall–Kier alpha value is -3.21. The van der Waals surface area contributed by atoms with Gasteiger partial charge in [-0.3, -0.25) is 9.52 Å². The lowest BCUT2D eigenvalue weighted by Crippen LogP contribution is -2.21. The third-order valence-electron chi connectivity index (χ3n) is 4.30. The fourth-order valence-electron chi connectivity index (χ4n) is 2.82. The standard InChI is InChI=1S/C22H16BrN3O4S2/c23-18-8-3-1-6-16(18)20-12-11-15(30-20)14-24-25-22(27)17-7-2-4-9-19(17)26-32(28,29)21-10-5-13-31-21/h1-14,26H,(H,25,27)/b24-14-. The van der Waals surface area contributed by atoms with Crippen LogP contribution in [0.5, 0.6) is 0 Å². The Morgan fingerprint density at radius 2 is 1.78 bits per heavy atom. The summed E-state index contributed by atoms with van der Waals surface area (Å²) < 4.78 is 34.3. The fraction of sp³-hybridized carbons (Fsp3) is 0. The van der Waals surface area contributed by atoms with E-state index in [0.29, 0.717) is 11.5 Å². The molecule has 4 aromatic rings. The minimum atomic E-state index is -3.79. The second kappa shape index (κ2) is 9.51. The number of carbonyl (C=O) groups excluding carboxylic acids is 1. The molecule has 4 rings (SSSR count). The largest absolute Gasteiger partial charge is 0.455 e. The SMILES string of the molecule is O=C(N/N=C\c1ccc(-c2ccccc2Br)o1)c1ccccc1NS(=O)(=O)c1cccs1. The van der Waals surface area contributed by atoms with E-state index in [1.807, 2.05) is 24.3 Å². The third-order valence-corrected chi connectivity index (χ3v) is 7.75. The van der Waals surface area contributed by atoms with Crippen molar-refractivity contribution in [3.8, 4) is 11.3 Å². The Morgan fingerprint density at radius 3 is 2.56 bits per heavy atom. The van der Waals surface area contributed by atoms with E-state index in [0.717, 1.165) is 21.4 Å². The molecule has 0 spiro atoms. The summed E-state index contributed by atoms with van der Waals surface area (Å²) in [4.78, 5) is 12.6. The molecule has 0 aliphatic rings. The van der Waals surface area contributed by atoms with Crippen LogP contribution in [0.15, 0.2) is 96.4 Å². The molecule has 10 heteroatoms. The quantitative estimate of drug-likeness (QED) is 0.249. The lowest BCUT2D eigenvalue weighted by Gasteiger charge is -2.10. The lowest BCUT2D eigenvalue weighted by atomic mass is 10.2. The van der Waals surface area contributed by atoms with E-state index in [2.05, 4.69) is 31.2 Å². The van der Waals surface area contributed by atoms with Gasteiger partial charge in [-0.05, 0) is 41.8 Å². The van der Waals surface area contributed by atoms with E-state index in [1.165, 1.54) is 24.4 Å². The molecule has 2 aromatic carbocycles. The first-order valence-electron chi connectivity index (χ1n) is 9.27. The molecule has 0 aliphatic carbocycles. The normalized spacial score (nSPS) is 11.5. The molecule has 2 aromatic heterocycles. The summed E-state index contributed by atoms with van der Waals surface area (Å²) in [5, 5.41) is 5.59. The van der Waals surface area contributed by atoms with Gasteiger partial charge in [0.1, 0.15) is 15.7 Å². The third kappa shape index (κ3) is 4.98. The maximum absolute atomic E-state index is 12.6. The van der Waals surface area contributed by atoms with Gasteiger partial charge in [0.2, 0.25) is 0 Å². The number of hydrazone groups is 1. The summed E-state index contributed by atoms with van der Waals surface area (Å²) in [5.74, 6) is 0.532. The summed E-state index contributed by atoms with van der Waals surface area (Å²) in [6, 6.07) is 20.6. The molecule has 2 N–H and O–H groups in total. The average molecular weight is 530 g/mol. The van der Waals surface area contributed by atoms with E-state index in [9.17, 15) is 13.2 Å². The van der Waals surface area contributed by atoms with Gasteiger partial charge in [0.15, 0.2) is 0 Å². The monoisotopic (exact) mass is 529 g/mol. The summed E-state index contributed by atoms with van der Waals surface area (Å²) in [6.45, 7) is 0. The fourth-order valence-corrected chi connectivity index (χ4v) is 5.38. The Labute approximate surface area is 197 Å². The summed E-state index contributed by atoms with van der Waals surface area (Å²) in [5.41, 5.74) is 3.58. The molecule has 1 amide bonds. The second-order valence-electron chi connectivity index (χ2n) is 6.46. The Balaban J connectivity index is 1.46. The predicted molar refractivity (Wildman–Crippen MR) is 128 cm³/mol. The molecule has 32 heavy (non-hydrogen) atoms. The number of halogens is 1. The van der Waals surface area contributed by atoms with Gasteiger partial charge in [-0.1, -0.05) is 52.3 Å². The highest BCUT2D eigenvalue weighted by molar-refractivity contribution is 9.10. The number of nitrogens with zero attached hydrogens (tertiary/aromatic N) is 1. The minimum absolute atomic E-state index is 0.137. The molecule has 2 heterocycles. The Kier molecular flexibility index (Phi) is 6.54. The van der Waals surface area contributed by atoms with Crippen LogP contribution in [0.3, 0.4) is 0 Å². The van der Waals surface area contributed by atoms with Crippen LogP contribution in [-0.2, 0) is 10.0 Å². The molecular weight excluding hydrogens is 514 g/mol. The number of anilines is 1. The second-order valence-corrected chi connectivity index (χ2v) is 10.2. The van der Waals surface area contributed by atoms with Crippen LogP contribution in [0.25, 0.3) is 11.3 Å². The first-order valence-corrected chi connectivity index (χ1v) is 12.4.